The molecule has 17 heavy (non-hydrogen) atoms. The fraction of sp³-hybridized carbons (Fsp3) is 0.571. The molecule has 1 saturated carbocycles. The molecule has 3 heteroatoms. The van der Waals surface area contributed by atoms with Crippen LogP contribution >= 0.6 is 15.9 Å². The van der Waals surface area contributed by atoms with Gasteiger partial charge in [-0.25, -0.2) is 0 Å². The molecule has 2 rings (SSSR count). The van der Waals surface area contributed by atoms with Gasteiger partial charge >= 0.3 is 0 Å². The fourth-order valence-electron chi connectivity index (χ4n) is 2.02. The molecule has 0 saturated heterocycles. The third-order valence-electron chi connectivity index (χ3n) is 3.37. The van der Waals surface area contributed by atoms with E-state index in [4.69, 9.17) is 5.73 Å². The molecule has 0 spiro atoms. The van der Waals surface area contributed by atoms with E-state index in [0.29, 0.717) is 6.04 Å². The van der Waals surface area contributed by atoms with Gasteiger partial charge in [0.15, 0.2) is 0 Å². The van der Waals surface area contributed by atoms with Gasteiger partial charge in [-0.2, -0.15) is 0 Å². The zero-order chi connectivity index (χ0) is 12.4. The van der Waals surface area contributed by atoms with Gasteiger partial charge in [-0.3, -0.25) is 4.90 Å². The summed E-state index contributed by atoms with van der Waals surface area (Å²) in [6.45, 7) is 6.77. The molecule has 94 valence electrons. The first-order valence-corrected chi connectivity index (χ1v) is 7.13. The summed E-state index contributed by atoms with van der Waals surface area (Å²) in [4.78, 5) is 2.54. The quantitative estimate of drug-likeness (QED) is 0.841. The number of benzene rings is 1. The maximum atomic E-state index is 5.92. The molecular formula is C14H21BrN2. The Labute approximate surface area is 112 Å². The predicted octanol–water partition coefficient (Wildman–Crippen LogP) is 3.65. The molecule has 1 aliphatic carbocycles. The predicted molar refractivity (Wildman–Crippen MR) is 76.8 cm³/mol. The molecule has 0 aliphatic heterocycles. The fourth-order valence-corrected chi connectivity index (χ4v) is 2.26. The summed E-state index contributed by atoms with van der Waals surface area (Å²) in [5.74, 6) is 0.935. The van der Waals surface area contributed by atoms with E-state index in [0.717, 1.165) is 22.6 Å². The van der Waals surface area contributed by atoms with Crippen LogP contribution in [0.2, 0.25) is 0 Å². The van der Waals surface area contributed by atoms with Crippen molar-refractivity contribution in [2.24, 2.45) is 5.92 Å². The Kier molecular flexibility index (Phi) is 4.10. The van der Waals surface area contributed by atoms with Gasteiger partial charge in [-0.1, -0.05) is 6.07 Å². The van der Waals surface area contributed by atoms with Crippen LogP contribution in [-0.2, 0) is 6.54 Å². The largest absolute Gasteiger partial charge is 0.398 e. The van der Waals surface area contributed by atoms with Crippen LogP contribution in [0.1, 0.15) is 32.3 Å². The summed E-state index contributed by atoms with van der Waals surface area (Å²) in [6.07, 6.45) is 2.82. The Morgan fingerprint density at radius 3 is 2.65 bits per heavy atom. The molecule has 2 N–H and O–H groups in total. The smallest absolute Gasteiger partial charge is 0.0461 e. The molecule has 0 bridgehead atoms. The molecule has 1 aliphatic rings. The van der Waals surface area contributed by atoms with Crippen LogP contribution in [0.4, 0.5) is 5.69 Å². The standard InChI is InChI=1S/C14H21BrN2/c1-10(2)17(8-11-3-4-11)9-12-5-6-13(15)14(16)7-12/h5-7,10-11H,3-4,8-9,16H2,1-2H3. The van der Waals surface area contributed by atoms with Crippen molar-refractivity contribution in [1.29, 1.82) is 0 Å². The first-order chi connectivity index (χ1) is 8.06. The minimum atomic E-state index is 0.598. The number of nitrogens with zero attached hydrogens (tertiary/aromatic N) is 1. The first kappa shape index (κ1) is 12.9. The topological polar surface area (TPSA) is 29.3 Å². The third-order valence-corrected chi connectivity index (χ3v) is 4.09. The number of nitrogens with two attached hydrogens (primary N) is 1. The van der Waals surface area contributed by atoms with E-state index in [1.54, 1.807) is 0 Å². The number of rotatable bonds is 5. The summed E-state index contributed by atoms with van der Waals surface area (Å²) in [5.41, 5.74) is 8.06. The second-order valence-corrected chi connectivity index (χ2v) is 6.18. The van der Waals surface area contributed by atoms with Crippen molar-refractivity contribution in [2.75, 3.05) is 12.3 Å². The number of anilines is 1. The van der Waals surface area contributed by atoms with Crippen molar-refractivity contribution >= 4 is 21.6 Å². The van der Waals surface area contributed by atoms with E-state index < -0.39 is 0 Å². The normalized spacial score (nSPS) is 15.8. The zero-order valence-electron chi connectivity index (χ0n) is 10.6. The van der Waals surface area contributed by atoms with Gasteiger partial charge in [-0.15, -0.1) is 0 Å². The van der Waals surface area contributed by atoms with E-state index in [1.165, 1.54) is 24.9 Å². The van der Waals surface area contributed by atoms with Crippen LogP contribution in [0, 0.1) is 5.92 Å². The minimum Gasteiger partial charge on any atom is -0.398 e. The summed E-state index contributed by atoms with van der Waals surface area (Å²) < 4.78 is 0.986. The Hall–Kier alpha value is -0.540. The lowest BCUT2D eigenvalue weighted by Crippen LogP contribution is -2.32. The maximum absolute atomic E-state index is 5.92. The summed E-state index contributed by atoms with van der Waals surface area (Å²) in [7, 11) is 0. The molecule has 2 nitrogen and oxygen atoms in total. The molecule has 0 heterocycles. The summed E-state index contributed by atoms with van der Waals surface area (Å²) in [6, 6.07) is 6.87. The van der Waals surface area contributed by atoms with Crippen LogP contribution in [0.3, 0.4) is 0 Å². The molecular weight excluding hydrogens is 276 g/mol. The van der Waals surface area contributed by atoms with Crippen molar-refractivity contribution in [3.05, 3.63) is 28.2 Å². The molecule has 1 aromatic rings. The van der Waals surface area contributed by atoms with Crippen LogP contribution in [0.25, 0.3) is 0 Å². The van der Waals surface area contributed by atoms with Gasteiger partial charge in [0, 0.05) is 29.3 Å². The number of hydrogen-bond donors (Lipinski definition) is 1. The molecule has 0 unspecified atom stereocenters. The number of nitrogen functional groups attached to an aromatic ring is 1. The second-order valence-electron chi connectivity index (χ2n) is 5.32. The number of halogens is 1. The van der Waals surface area contributed by atoms with Crippen molar-refractivity contribution in [3.63, 3.8) is 0 Å². The Morgan fingerprint density at radius 2 is 2.12 bits per heavy atom. The molecule has 0 aromatic heterocycles. The van der Waals surface area contributed by atoms with E-state index in [1.807, 2.05) is 6.07 Å². The van der Waals surface area contributed by atoms with Gasteiger partial charge in [0.25, 0.3) is 0 Å². The average Bonchev–Trinajstić information content (AvgIpc) is 3.06. The summed E-state index contributed by atoms with van der Waals surface area (Å²) in [5, 5.41) is 0. The maximum Gasteiger partial charge on any atom is 0.0461 e. The van der Waals surface area contributed by atoms with Crippen molar-refractivity contribution < 1.29 is 0 Å². The Morgan fingerprint density at radius 1 is 1.41 bits per heavy atom. The highest BCUT2D eigenvalue weighted by Gasteiger charge is 2.25. The highest BCUT2D eigenvalue weighted by Crippen LogP contribution is 2.31. The lowest BCUT2D eigenvalue weighted by Gasteiger charge is -2.26. The van der Waals surface area contributed by atoms with Crippen LogP contribution in [0.5, 0.6) is 0 Å². The van der Waals surface area contributed by atoms with Crippen molar-refractivity contribution in [1.82, 2.24) is 4.90 Å². The molecule has 1 aromatic carbocycles. The minimum absolute atomic E-state index is 0.598. The zero-order valence-corrected chi connectivity index (χ0v) is 12.2. The van der Waals surface area contributed by atoms with E-state index in [2.05, 4.69) is 46.8 Å². The highest BCUT2D eigenvalue weighted by molar-refractivity contribution is 9.10. The van der Waals surface area contributed by atoms with Gasteiger partial charge < -0.3 is 5.73 Å². The van der Waals surface area contributed by atoms with Gasteiger partial charge in [0.05, 0.1) is 0 Å². The lowest BCUT2D eigenvalue weighted by atomic mass is 10.1. The Balaban J connectivity index is 2.02. The van der Waals surface area contributed by atoms with Crippen LogP contribution in [0.15, 0.2) is 22.7 Å². The van der Waals surface area contributed by atoms with Gasteiger partial charge in [0.2, 0.25) is 0 Å². The van der Waals surface area contributed by atoms with Gasteiger partial charge in [0.1, 0.15) is 0 Å². The highest BCUT2D eigenvalue weighted by atomic mass is 79.9. The monoisotopic (exact) mass is 296 g/mol. The van der Waals surface area contributed by atoms with E-state index in [9.17, 15) is 0 Å². The number of hydrogen-bond acceptors (Lipinski definition) is 2. The van der Waals surface area contributed by atoms with Crippen molar-refractivity contribution in [2.45, 2.75) is 39.3 Å². The molecule has 0 atom stereocenters. The third kappa shape index (κ3) is 3.71. The van der Waals surface area contributed by atoms with Gasteiger partial charge in [-0.05, 0) is 66.2 Å². The Bertz CT molecular complexity index is 386. The van der Waals surface area contributed by atoms with Crippen molar-refractivity contribution in [3.8, 4) is 0 Å². The van der Waals surface area contributed by atoms with Crippen LogP contribution < -0.4 is 5.73 Å². The second kappa shape index (κ2) is 5.40. The molecule has 0 radical (unpaired) electrons. The van der Waals surface area contributed by atoms with Crippen LogP contribution in [-0.4, -0.2) is 17.5 Å². The van der Waals surface area contributed by atoms with E-state index in [-0.39, 0.29) is 0 Å². The summed E-state index contributed by atoms with van der Waals surface area (Å²) >= 11 is 3.44. The molecule has 0 amide bonds. The lowest BCUT2D eigenvalue weighted by molar-refractivity contribution is 0.204. The van der Waals surface area contributed by atoms with E-state index >= 15 is 0 Å². The SMILES string of the molecule is CC(C)N(Cc1ccc(Br)c(N)c1)CC1CC1. The first-order valence-electron chi connectivity index (χ1n) is 6.34. The molecule has 1 fully saturated rings. The average molecular weight is 297 g/mol.